The van der Waals surface area contributed by atoms with Gasteiger partial charge in [-0.25, -0.2) is 0 Å². The molecule has 0 bridgehead atoms. The first kappa shape index (κ1) is 19.5. The molecule has 1 atom stereocenters. The molecular weight excluding hydrogens is 469 g/mol. The SMILES string of the molecule is Cc1nc2cccc([I-]C3CCCCCC3)c2c(=O)n1[C@@H]1CCC(=O)NC1=O. The van der Waals surface area contributed by atoms with Crippen LogP contribution in [0.3, 0.4) is 0 Å². The Bertz CT molecular complexity index is 977. The molecule has 1 N–H and O–H groups in total. The van der Waals surface area contributed by atoms with Crippen molar-refractivity contribution in [2.75, 3.05) is 0 Å². The number of carbonyl (C=O) groups is 2. The van der Waals surface area contributed by atoms with Crippen LogP contribution in [0.4, 0.5) is 0 Å². The molecule has 0 radical (unpaired) electrons. The molecule has 4 rings (SSSR count). The number of halogens is 1. The van der Waals surface area contributed by atoms with Gasteiger partial charge in [-0.05, 0) is 0 Å². The van der Waals surface area contributed by atoms with Crippen molar-refractivity contribution in [3.8, 4) is 0 Å². The fraction of sp³-hybridized carbons (Fsp3) is 0.524. The van der Waals surface area contributed by atoms with E-state index in [2.05, 4.69) is 16.4 Å². The van der Waals surface area contributed by atoms with Gasteiger partial charge in [0.25, 0.3) is 0 Å². The molecule has 6 nitrogen and oxygen atoms in total. The summed E-state index contributed by atoms with van der Waals surface area (Å²) in [6.07, 6.45) is 8.31. The van der Waals surface area contributed by atoms with Gasteiger partial charge in [-0.15, -0.1) is 0 Å². The predicted octanol–water partition coefficient (Wildman–Crippen LogP) is -0.336. The zero-order chi connectivity index (χ0) is 19.7. The minimum atomic E-state index is -0.661. The van der Waals surface area contributed by atoms with Crippen LogP contribution < -0.4 is 32.1 Å². The van der Waals surface area contributed by atoms with Gasteiger partial charge in [0.05, 0.1) is 0 Å². The number of benzene rings is 1. The van der Waals surface area contributed by atoms with E-state index in [0.29, 0.717) is 21.6 Å². The van der Waals surface area contributed by atoms with E-state index in [1.54, 1.807) is 6.92 Å². The number of carbonyl (C=O) groups excluding carboxylic acids is 2. The topological polar surface area (TPSA) is 81.1 Å². The fourth-order valence-corrected chi connectivity index (χ4v) is 7.89. The zero-order valence-corrected chi connectivity index (χ0v) is 18.2. The van der Waals surface area contributed by atoms with Crippen molar-refractivity contribution in [3.63, 3.8) is 0 Å². The number of rotatable bonds is 3. The second kappa shape index (κ2) is 8.31. The maximum absolute atomic E-state index is 13.5. The van der Waals surface area contributed by atoms with Crippen molar-refractivity contribution >= 4 is 22.7 Å². The van der Waals surface area contributed by atoms with Crippen LogP contribution >= 0.6 is 0 Å². The number of aromatic nitrogens is 2. The molecule has 0 unspecified atom stereocenters. The van der Waals surface area contributed by atoms with Crippen LogP contribution in [0.1, 0.15) is 63.2 Å². The molecule has 0 spiro atoms. The Morgan fingerprint density at radius 3 is 2.54 bits per heavy atom. The van der Waals surface area contributed by atoms with Gasteiger partial charge in [0.1, 0.15) is 0 Å². The molecule has 28 heavy (non-hydrogen) atoms. The van der Waals surface area contributed by atoms with Crippen LogP contribution in [0.2, 0.25) is 0 Å². The zero-order valence-electron chi connectivity index (χ0n) is 16.0. The van der Waals surface area contributed by atoms with Crippen LogP contribution in [0.25, 0.3) is 10.9 Å². The number of hydrogen-bond donors (Lipinski definition) is 1. The Kier molecular flexibility index (Phi) is 5.80. The molecule has 1 saturated carbocycles. The third-order valence-corrected chi connectivity index (χ3v) is 9.33. The molecule has 1 aromatic heterocycles. The van der Waals surface area contributed by atoms with E-state index in [1.165, 1.54) is 43.1 Å². The number of nitrogens with zero attached hydrogens (tertiary/aromatic N) is 2. The summed E-state index contributed by atoms with van der Waals surface area (Å²) in [6.45, 7) is 1.76. The van der Waals surface area contributed by atoms with E-state index in [4.69, 9.17) is 0 Å². The Morgan fingerprint density at radius 2 is 1.82 bits per heavy atom. The number of imide groups is 1. The van der Waals surface area contributed by atoms with Crippen molar-refractivity contribution in [2.24, 2.45) is 0 Å². The molecule has 7 heteroatoms. The van der Waals surface area contributed by atoms with E-state index in [9.17, 15) is 14.4 Å². The molecule has 1 aliphatic carbocycles. The Morgan fingerprint density at radius 1 is 1.07 bits per heavy atom. The molecule has 2 amide bonds. The second-order valence-electron chi connectivity index (χ2n) is 7.63. The first-order chi connectivity index (χ1) is 13.5. The van der Waals surface area contributed by atoms with E-state index < -0.39 is 11.9 Å². The summed E-state index contributed by atoms with van der Waals surface area (Å²) in [5.74, 6) is -0.156. The molecule has 1 aliphatic heterocycles. The summed E-state index contributed by atoms with van der Waals surface area (Å²) in [5.41, 5.74) is 0.581. The van der Waals surface area contributed by atoms with Crippen LogP contribution in [0.15, 0.2) is 23.0 Å². The summed E-state index contributed by atoms with van der Waals surface area (Å²) in [5, 5.41) is 3.03. The maximum atomic E-state index is 13.5. The summed E-state index contributed by atoms with van der Waals surface area (Å²) < 4.78 is 3.35. The van der Waals surface area contributed by atoms with Gasteiger partial charge in [-0.3, -0.25) is 0 Å². The number of alkyl halides is 1. The Balaban J connectivity index is 1.77. The number of amides is 2. The number of aryl methyl sites for hydroxylation is 1. The Labute approximate surface area is 174 Å². The van der Waals surface area contributed by atoms with Gasteiger partial charge >= 0.3 is 175 Å². The van der Waals surface area contributed by atoms with Gasteiger partial charge < -0.3 is 0 Å². The number of fused-ring (bicyclic) bond motifs is 1. The number of piperidine rings is 1. The molecule has 2 aliphatic rings. The third kappa shape index (κ3) is 3.86. The Hall–Kier alpha value is -1.77. The van der Waals surface area contributed by atoms with Crippen molar-refractivity contribution in [1.82, 2.24) is 14.9 Å². The average molecular weight is 494 g/mol. The predicted molar refractivity (Wildman–Crippen MR) is 102 cm³/mol. The van der Waals surface area contributed by atoms with Crippen molar-refractivity contribution in [3.05, 3.63) is 37.9 Å². The minimum absolute atomic E-state index is 0.138. The summed E-state index contributed by atoms with van der Waals surface area (Å²) in [4.78, 5) is 42.0. The molecular formula is C21H25IN3O3-. The molecule has 1 aromatic carbocycles. The average Bonchev–Trinajstić information content (AvgIpc) is 2.92. The van der Waals surface area contributed by atoms with E-state index in [-0.39, 0.29) is 39.1 Å². The fourth-order valence-electron chi connectivity index (χ4n) is 4.20. The van der Waals surface area contributed by atoms with Gasteiger partial charge in [-0.2, -0.15) is 0 Å². The van der Waals surface area contributed by atoms with E-state index in [0.717, 1.165) is 9.09 Å². The van der Waals surface area contributed by atoms with Crippen molar-refractivity contribution in [2.45, 2.75) is 68.3 Å². The van der Waals surface area contributed by atoms with Gasteiger partial charge in [-0.1, -0.05) is 0 Å². The van der Waals surface area contributed by atoms with E-state index in [1.807, 2.05) is 12.1 Å². The summed E-state index contributed by atoms with van der Waals surface area (Å²) >= 11 is -0.299. The third-order valence-electron chi connectivity index (χ3n) is 5.63. The summed E-state index contributed by atoms with van der Waals surface area (Å²) in [7, 11) is 0. The first-order valence-corrected chi connectivity index (χ1v) is 12.4. The first-order valence-electron chi connectivity index (χ1n) is 10.0. The normalized spacial score (nSPS) is 21.7. The monoisotopic (exact) mass is 494 g/mol. The quantitative estimate of drug-likeness (QED) is 0.274. The molecule has 2 heterocycles. The molecule has 1 saturated heterocycles. The molecule has 2 fully saturated rings. The standard InChI is InChI=1S/C21H25IN3O3/c1-13-23-16-10-6-9-15(22-14-7-4-2-3-5-8-14)19(16)21(28)25(13)17-11-12-18(26)24-20(17)27/h6,9-10,14,17H,2-5,7-8,11-12H2,1H3,(H,24,26,27)/q-1/t17-/m1/s1. The van der Waals surface area contributed by atoms with Gasteiger partial charge in [0.2, 0.25) is 0 Å². The van der Waals surface area contributed by atoms with Crippen molar-refractivity contribution < 1.29 is 30.8 Å². The van der Waals surface area contributed by atoms with Crippen LogP contribution in [-0.4, -0.2) is 25.3 Å². The summed E-state index contributed by atoms with van der Waals surface area (Å²) in [6, 6.07) is 5.30. The van der Waals surface area contributed by atoms with Crippen LogP contribution in [0, 0.1) is 10.5 Å². The van der Waals surface area contributed by atoms with Crippen molar-refractivity contribution in [1.29, 1.82) is 0 Å². The number of nitrogens with one attached hydrogen (secondary N) is 1. The second-order valence-corrected chi connectivity index (χ2v) is 11.2. The number of hydrogen-bond acceptors (Lipinski definition) is 4. The van der Waals surface area contributed by atoms with Crippen LogP contribution in [-0.2, 0) is 9.59 Å². The molecule has 2 aromatic rings. The van der Waals surface area contributed by atoms with Gasteiger partial charge in [0.15, 0.2) is 0 Å². The van der Waals surface area contributed by atoms with E-state index >= 15 is 0 Å². The molecule has 150 valence electrons. The van der Waals surface area contributed by atoms with Crippen LogP contribution in [0.5, 0.6) is 0 Å². The van der Waals surface area contributed by atoms with Gasteiger partial charge in [0, 0.05) is 0 Å².